The first-order valence-corrected chi connectivity index (χ1v) is 7.71. The number of benzene rings is 1. The van der Waals surface area contributed by atoms with Gasteiger partial charge in [0.1, 0.15) is 0 Å². The van der Waals surface area contributed by atoms with Gasteiger partial charge in [-0.25, -0.2) is 0 Å². The zero-order valence-corrected chi connectivity index (χ0v) is 14.0. The molecule has 1 aromatic rings. The number of nitrogens with zero attached hydrogens (tertiary/aromatic N) is 1. The number of nitrogens with one attached hydrogen (secondary N) is 1. The molecule has 0 spiro atoms. The summed E-state index contributed by atoms with van der Waals surface area (Å²) in [5.74, 6) is 0. The fraction of sp³-hybridized carbons (Fsp3) is 0.600. The highest BCUT2D eigenvalue weighted by atomic mass is 79.9. The first-order valence-electron chi connectivity index (χ1n) is 6.91. The molecule has 19 heavy (non-hydrogen) atoms. The van der Waals surface area contributed by atoms with Crippen molar-refractivity contribution >= 4 is 21.6 Å². The molecule has 4 heteroatoms. The second-order valence-corrected chi connectivity index (χ2v) is 5.52. The van der Waals surface area contributed by atoms with Crippen LogP contribution < -0.4 is 10.2 Å². The maximum Gasteiger partial charge on any atom is 0.0641 e. The molecule has 0 saturated carbocycles. The number of anilines is 1. The van der Waals surface area contributed by atoms with Crippen molar-refractivity contribution in [1.29, 1.82) is 0 Å². The number of hydrogen-bond donors (Lipinski definition) is 1. The molecule has 0 amide bonds. The molecule has 0 aliphatic rings. The Labute approximate surface area is 125 Å². The van der Waals surface area contributed by atoms with Crippen LogP contribution in [0, 0.1) is 0 Å². The summed E-state index contributed by atoms with van der Waals surface area (Å²) in [6.07, 6.45) is 0. The van der Waals surface area contributed by atoms with Crippen LogP contribution in [0.4, 0.5) is 5.69 Å². The third kappa shape index (κ3) is 5.13. The van der Waals surface area contributed by atoms with E-state index < -0.39 is 0 Å². The summed E-state index contributed by atoms with van der Waals surface area (Å²) in [5.41, 5.74) is 2.58. The van der Waals surface area contributed by atoms with E-state index in [1.165, 1.54) is 11.3 Å². The van der Waals surface area contributed by atoms with Gasteiger partial charge in [-0.15, -0.1) is 0 Å². The Bertz CT molecular complexity index is 384. The number of hydrogen-bond acceptors (Lipinski definition) is 3. The molecule has 108 valence electrons. The molecular formula is C15H25BrN2O. The van der Waals surface area contributed by atoms with Gasteiger partial charge in [0.15, 0.2) is 0 Å². The third-order valence-corrected chi connectivity index (χ3v) is 3.65. The third-order valence-electron chi connectivity index (χ3n) is 3.15. The van der Waals surface area contributed by atoms with Crippen LogP contribution in [0.3, 0.4) is 0 Å². The zero-order chi connectivity index (χ0) is 14.3. The lowest BCUT2D eigenvalue weighted by molar-refractivity contribution is 0.154. The molecular weight excluding hydrogens is 304 g/mol. The minimum atomic E-state index is 0.340. The predicted molar refractivity (Wildman–Crippen MR) is 86.0 cm³/mol. The van der Waals surface area contributed by atoms with Gasteiger partial charge in [0.25, 0.3) is 0 Å². The fourth-order valence-corrected chi connectivity index (χ4v) is 2.48. The lowest BCUT2D eigenvalue weighted by Crippen LogP contribution is -2.26. The van der Waals surface area contributed by atoms with Crippen molar-refractivity contribution in [3.63, 3.8) is 0 Å². The maximum absolute atomic E-state index is 5.43. The van der Waals surface area contributed by atoms with Gasteiger partial charge in [-0.3, -0.25) is 0 Å². The SMILES string of the molecule is CCNC(C)c1cc(Br)ccc1N(C)CCOCC. The summed E-state index contributed by atoms with van der Waals surface area (Å²) in [6.45, 7) is 9.76. The molecule has 0 bridgehead atoms. The Morgan fingerprint density at radius 1 is 1.37 bits per heavy atom. The van der Waals surface area contributed by atoms with Gasteiger partial charge in [-0.05, 0) is 44.2 Å². The van der Waals surface area contributed by atoms with Crippen molar-refractivity contribution in [3.8, 4) is 0 Å². The van der Waals surface area contributed by atoms with E-state index in [-0.39, 0.29) is 0 Å². The highest BCUT2D eigenvalue weighted by Gasteiger charge is 2.13. The molecule has 1 rings (SSSR count). The van der Waals surface area contributed by atoms with Gasteiger partial charge in [0.2, 0.25) is 0 Å². The lowest BCUT2D eigenvalue weighted by Gasteiger charge is -2.25. The Hall–Kier alpha value is -0.580. The van der Waals surface area contributed by atoms with E-state index in [0.717, 1.165) is 30.8 Å². The molecule has 0 fully saturated rings. The van der Waals surface area contributed by atoms with Crippen molar-refractivity contribution in [2.75, 3.05) is 38.3 Å². The summed E-state index contributed by atoms with van der Waals surface area (Å²) in [6, 6.07) is 6.79. The number of likely N-dealkylation sites (N-methyl/N-ethyl adjacent to an activating group) is 1. The Morgan fingerprint density at radius 2 is 2.11 bits per heavy atom. The molecule has 0 aromatic heterocycles. The highest BCUT2D eigenvalue weighted by molar-refractivity contribution is 9.10. The summed E-state index contributed by atoms with van der Waals surface area (Å²) in [7, 11) is 2.12. The van der Waals surface area contributed by atoms with E-state index in [1.807, 2.05) is 6.92 Å². The fourth-order valence-electron chi connectivity index (χ4n) is 2.10. The first kappa shape index (κ1) is 16.5. The van der Waals surface area contributed by atoms with E-state index in [0.29, 0.717) is 6.04 Å². The van der Waals surface area contributed by atoms with Gasteiger partial charge >= 0.3 is 0 Å². The Balaban J connectivity index is 2.86. The zero-order valence-electron chi connectivity index (χ0n) is 12.4. The number of rotatable bonds is 8. The van der Waals surface area contributed by atoms with E-state index >= 15 is 0 Å². The molecule has 0 heterocycles. The average molecular weight is 329 g/mol. The molecule has 0 saturated heterocycles. The second-order valence-electron chi connectivity index (χ2n) is 4.60. The van der Waals surface area contributed by atoms with Crippen LogP contribution in [-0.2, 0) is 4.74 Å². The van der Waals surface area contributed by atoms with Crippen LogP contribution in [0.5, 0.6) is 0 Å². The van der Waals surface area contributed by atoms with E-state index in [2.05, 4.69) is 65.2 Å². The minimum Gasteiger partial charge on any atom is -0.380 e. The molecule has 0 aliphatic carbocycles. The Kier molecular flexibility index (Phi) is 7.42. The molecule has 1 atom stereocenters. The van der Waals surface area contributed by atoms with E-state index in [1.54, 1.807) is 0 Å². The van der Waals surface area contributed by atoms with Gasteiger partial charge in [0, 0.05) is 36.4 Å². The van der Waals surface area contributed by atoms with Gasteiger partial charge in [0.05, 0.1) is 6.61 Å². The van der Waals surface area contributed by atoms with Crippen molar-refractivity contribution in [2.24, 2.45) is 0 Å². The number of halogens is 1. The van der Waals surface area contributed by atoms with E-state index in [4.69, 9.17) is 4.74 Å². The van der Waals surface area contributed by atoms with E-state index in [9.17, 15) is 0 Å². The summed E-state index contributed by atoms with van der Waals surface area (Å²) in [5, 5.41) is 3.47. The monoisotopic (exact) mass is 328 g/mol. The molecule has 1 N–H and O–H groups in total. The Morgan fingerprint density at radius 3 is 2.74 bits per heavy atom. The van der Waals surface area contributed by atoms with Crippen LogP contribution in [0.2, 0.25) is 0 Å². The van der Waals surface area contributed by atoms with Crippen LogP contribution in [-0.4, -0.2) is 33.4 Å². The maximum atomic E-state index is 5.43. The lowest BCUT2D eigenvalue weighted by atomic mass is 10.1. The van der Waals surface area contributed by atoms with Crippen LogP contribution in [0.1, 0.15) is 32.4 Å². The minimum absolute atomic E-state index is 0.340. The average Bonchev–Trinajstić information content (AvgIpc) is 2.39. The van der Waals surface area contributed by atoms with Gasteiger partial charge in [-0.2, -0.15) is 0 Å². The highest BCUT2D eigenvalue weighted by Crippen LogP contribution is 2.28. The first-order chi connectivity index (χ1) is 9.10. The largest absolute Gasteiger partial charge is 0.380 e. The molecule has 3 nitrogen and oxygen atoms in total. The molecule has 1 aromatic carbocycles. The van der Waals surface area contributed by atoms with Crippen molar-refractivity contribution in [3.05, 3.63) is 28.2 Å². The van der Waals surface area contributed by atoms with Crippen LogP contribution in [0.25, 0.3) is 0 Å². The molecule has 1 unspecified atom stereocenters. The number of ether oxygens (including phenoxy) is 1. The molecule has 0 radical (unpaired) electrons. The van der Waals surface area contributed by atoms with Gasteiger partial charge in [-0.1, -0.05) is 22.9 Å². The summed E-state index contributed by atoms with van der Waals surface area (Å²) < 4.78 is 6.55. The van der Waals surface area contributed by atoms with Gasteiger partial charge < -0.3 is 15.0 Å². The van der Waals surface area contributed by atoms with Crippen LogP contribution >= 0.6 is 15.9 Å². The molecule has 0 aliphatic heterocycles. The van der Waals surface area contributed by atoms with Crippen molar-refractivity contribution < 1.29 is 4.74 Å². The quantitative estimate of drug-likeness (QED) is 0.738. The summed E-state index contributed by atoms with van der Waals surface area (Å²) in [4.78, 5) is 2.26. The normalized spacial score (nSPS) is 12.5. The summed E-state index contributed by atoms with van der Waals surface area (Å²) >= 11 is 3.56. The topological polar surface area (TPSA) is 24.5 Å². The van der Waals surface area contributed by atoms with Crippen LogP contribution in [0.15, 0.2) is 22.7 Å². The van der Waals surface area contributed by atoms with Crippen molar-refractivity contribution in [2.45, 2.75) is 26.8 Å². The smallest absolute Gasteiger partial charge is 0.0641 e. The predicted octanol–water partition coefficient (Wildman–Crippen LogP) is 3.59. The van der Waals surface area contributed by atoms with Crippen molar-refractivity contribution in [1.82, 2.24) is 5.32 Å². The standard InChI is InChI=1S/C15H25BrN2O/c1-5-17-12(3)14-11-13(16)7-8-15(14)18(4)9-10-19-6-2/h7-8,11-12,17H,5-6,9-10H2,1-4H3. The second kappa shape index (κ2) is 8.56.